The number of amides is 1. The second kappa shape index (κ2) is 6.18. The van der Waals surface area contributed by atoms with Crippen LogP contribution in [0, 0.1) is 0 Å². The SMILES string of the molecule is C[C@H](CCC(=O)NC(C)(C)C(=O)O)N1CCCC1. The number of hydrogen-bond acceptors (Lipinski definition) is 3. The summed E-state index contributed by atoms with van der Waals surface area (Å²) in [5.74, 6) is -1.20. The van der Waals surface area contributed by atoms with E-state index < -0.39 is 11.5 Å². The number of carboxylic acid groups (broad SMARTS) is 1. The first kappa shape index (κ1) is 15.0. The Bertz CT molecular complexity index is 309. The number of carboxylic acids is 1. The lowest BCUT2D eigenvalue weighted by Crippen LogP contribution is -2.49. The van der Waals surface area contributed by atoms with Crippen molar-refractivity contribution in [1.29, 1.82) is 0 Å². The average molecular weight is 256 g/mol. The van der Waals surface area contributed by atoms with Gasteiger partial charge in [0.1, 0.15) is 5.54 Å². The largest absolute Gasteiger partial charge is 0.480 e. The van der Waals surface area contributed by atoms with Crippen molar-refractivity contribution in [3.63, 3.8) is 0 Å². The standard InChI is InChI=1S/C13H24N2O3/c1-10(15-8-4-5-9-15)6-7-11(16)14-13(2,3)12(17)18/h10H,4-9H2,1-3H3,(H,14,16)(H,17,18)/t10-/m1/s1. The van der Waals surface area contributed by atoms with Gasteiger partial charge in [0.05, 0.1) is 0 Å². The van der Waals surface area contributed by atoms with Gasteiger partial charge in [-0.1, -0.05) is 0 Å². The van der Waals surface area contributed by atoms with E-state index in [1.54, 1.807) is 0 Å². The molecule has 0 aromatic carbocycles. The van der Waals surface area contributed by atoms with E-state index in [-0.39, 0.29) is 5.91 Å². The molecule has 5 heteroatoms. The van der Waals surface area contributed by atoms with Gasteiger partial charge in [0.2, 0.25) is 5.91 Å². The van der Waals surface area contributed by atoms with E-state index in [4.69, 9.17) is 5.11 Å². The Morgan fingerprint density at radius 2 is 1.89 bits per heavy atom. The maximum absolute atomic E-state index is 11.7. The quantitative estimate of drug-likeness (QED) is 0.750. The monoisotopic (exact) mass is 256 g/mol. The molecule has 0 aliphatic carbocycles. The first-order valence-corrected chi connectivity index (χ1v) is 6.61. The molecule has 104 valence electrons. The van der Waals surface area contributed by atoms with Crippen molar-refractivity contribution in [3.8, 4) is 0 Å². The van der Waals surface area contributed by atoms with Crippen LogP contribution in [0.2, 0.25) is 0 Å². The van der Waals surface area contributed by atoms with Crippen LogP contribution in [0.5, 0.6) is 0 Å². The first-order valence-electron chi connectivity index (χ1n) is 6.61. The van der Waals surface area contributed by atoms with E-state index in [1.807, 2.05) is 0 Å². The van der Waals surface area contributed by atoms with Crippen molar-refractivity contribution in [3.05, 3.63) is 0 Å². The Balaban J connectivity index is 2.30. The van der Waals surface area contributed by atoms with Crippen LogP contribution in [0.15, 0.2) is 0 Å². The molecule has 1 rings (SSSR count). The number of likely N-dealkylation sites (tertiary alicyclic amines) is 1. The highest BCUT2D eigenvalue weighted by atomic mass is 16.4. The van der Waals surface area contributed by atoms with Gasteiger partial charge < -0.3 is 15.3 Å². The molecular formula is C13H24N2O3. The van der Waals surface area contributed by atoms with Crippen molar-refractivity contribution in [1.82, 2.24) is 10.2 Å². The van der Waals surface area contributed by atoms with E-state index >= 15 is 0 Å². The molecule has 1 aliphatic heterocycles. The lowest BCUT2D eigenvalue weighted by Gasteiger charge is -2.25. The van der Waals surface area contributed by atoms with Crippen LogP contribution in [-0.2, 0) is 9.59 Å². The first-order chi connectivity index (χ1) is 8.33. The van der Waals surface area contributed by atoms with E-state index in [2.05, 4.69) is 17.1 Å². The number of rotatable bonds is 6. The summed E-state index contributed by atoms with van der Waals surface area (Å²) in [5, 5.41) is 11.5. The third-order valence-electron chi connectivity index (χ3n) is 3.54. The molecule has 1 saturated heterocycles. The van der Waals surface area contributed by atoms with Crippen molar-refractivity contribution in [2.24, 2.45) is 0 Å². The van der Waals surface area contributed by atoms with Gasteiger partial charge in [-0.3, -0.25) is 4.79 Å². The van der Waals surface area contributed by atoms with Crippen molar-refractivity contribution < 1.29 is 14.7 Å². The second-order valence-corrected chi connectivity index (χ2v) is 5.61. The summed E-state index contributed by atoms with van der Waals surface area (Å²) in [7, 11) is 0. The van der Waals surface area contributed by atoms with Gasteiger partial charge >= 0.3 is 5.97 Å². The van der Waals surface area contributed by atoms with Crippen LogP contribution >= 0.6 is 0 Å². The Morgan fingerprint density at radius 1 is 1.33 bits per heavy atom. The minimum Gasteiger partial charge on any atom is -0.480 e. The topological polar surface area (TPSA) is 69.6 Å². The number of nitrogens with one attached hydrogen (secondary N) is 1. The van der Waals surface area contributed by atoms with Gasteiger partial charge in [-0.15, -0.1) is 0 Å². The fourth-order valence-electron chi connectivity index (χ4n) is 2.17. The molecule has 1 atom stereocenters. The molecule has 1 aliphatic rings. The molecule has 0 aromatic rings. The van der Waals surface area contributed by atoms with Crippen LogP contribution < -0.4 is 5.32 Å². The molecule has 0 spiro atoms. The minimum absolute atomic E-state index is 0.187. The molecule has 0 radical (unpaired) electrons. The number of hydrogen-bond donors (Lipinski definition) is 2. The zero-order valence-electron chi connectivity index (χ0n) is 11.5. The normalized spacial score (nSPS) is 18.6. The second-order valence-electron chi connectivity index (χ2n) is 5.61. The summed E-state index contributed by atoms with van der Waals surface area (Å²) in [6, 6.07) is 0.395. The molecule has 0 unspecified atom stereocenters. The Morgan fingerprint density at radius 3 is 2.39 bits per heavy atom. The number of nitrogens with zero attached hydrogens (tertiary/aromatic N) is 1. The Kier molecular flexibility index (Phi) is 5.14. The summed E-state index contributed by atoms with van der Waals surface area (Å²) < 4.78 is 0. The van der Waals surface area contributed by atoms with Crippen LogP contribution in [0.4, 0.5) is 0 Å². The zero-order valence-corrected chi connectivity index (χ0v) is 11.5. The average Bonchev–Trinajstić information content (AvgIpc) is 2.78. The number of aliphatic carboxylic acids is 1. The van der Waals surface area contributed by atoms with Gasteiger partial charge in [-0.25, -0.2) is 4.79 Å². The summed E-state index contributed by atoms with van der Waals surface area (Å²) >= 11 is 0. The zero-order chi connectivity index (χ0) is 13.8. The van der Waals surface area contributed by atoms with Gasteiger partial charge in [0.15, 0.2) is 0 Å². The van der Waals surface area contributed by atoms with Gasteiger partial charge in [-0.05, 0) is 53.1 Å². The van der Waals surface area contributed by atoms with Crippen LogP contribution in [-0.4, -0.2) is 46.6 Å². The third kappa shape index (κ3) is 4.29. The molecule has 1 fully saturated rings. The van der Waals surface area contributed by atoms with E-state index in [0.29, 0.717) is 12.5 Å². The van der Waals surface area contributed by atoms with E-state index in [1.165, 1.54) is 26.7 Å². The van der Waals surface area contributed by atoms with Crippen LogP contribution in [0.1, 0.15) is 46.5 Å². The highest BCUT2D eigenvalue weighted by Crippen LogP contribution is 2.15. The predicted molar refractivity (Wildman–Crippen MR) is 69.4 cm³/mol. The summed E-state index contributed by atoms with van der Waals surface area (Å²) in [6.07, 6.45) is 3.64. The Hall–Kier alpha value is -1.10. The fraction of sp³-hybridized carbons (Fsp3) is 0.846. The molecule has 2 N–H and O–H groups in total. The highest BCUT2D eigenvalue weighted by Gasteiger charge is 2.29. The minimum atomic E-state index is -1.19. The summed E-state index contributed by atoms with van der Waals surface area (Å²) in [5.41, 5.74) is -1.19. The van der Waals surface area contributed by atoms with Crippen molar-refractivity contribution >= 4 is 11.9 Å². The number of carbonyl (C=O) groups is 2. The van der Waals surface area contributed by atoms with Crippen LogP contribution in [0.3, 0.4) is 0 Å². The van der Waals surface area contributed by atoms with Gasteiger partial charge in [0, 0.05) is 12.5 Å². The highest BCUT2D eigenvalue weighted by molar-refractivity contribution is 5.86. The fourth-order valence-corrected chi connectivity index (χ4v) is 2.17. The lowest BCUT2D eigenvalue weighted by molar-refractivity contribution is -0.146. The smallest absolute Gasteiger partial charge is 0.328 e. The lowest BCUT2D eigenvalue weighted by atomic mass is 10.1. The van der Waals surface area contributed by atoms with Gasteiger partial charge in [0.25, 0.3) is 0 Å². The Labute approximate surface area is 109 Å². The number of carbonyl (C=O) groups excluding carboxylic acids is 1. The summed E-state index contributed by atoms with van der Waals surface area (Å²) in [6.45, 7) is 7.35. The molecule has 18 heavy (non-hydrogen) atoms. The maximum Gasteiger partial charge on any atom is 0.328 e. The molecule has 0 aromatic heterocycles. The van der Waals surface area contributed by atoms with Crippen LogP contribution in [0.25, 0.3) is 0 Å². The summed E-state index contributed by atoms with van der Waals surface area (Å²) in [4.78, 5) is 25.0. The van der Waals surface area contributed by atoms with Crippen molar-refractivity contribution in [2.75, 3.05) is 13.1 Å². The van der Waals surface area contributed by atoms with Crippen molar-refractivity contribution in [2.45, 2.75) is 58.0 Å². The van der Waals surface area contributed by atoms with E-state index in [9.17, 15) is 9.59 Å². The van der Waals surface area contributed by atoms with Gasteiger partial charge in [-0.2, -0.15) is 0 Å². The molecule has 1 amide bonds. The molecule has 0 saturated carbocycles. The molecule has 0 bridgehead atoms. The molecular weight excluding hydrogens is 232 g/mol. The van der Waals surface area contributed by atoms with E-state index in [0.717, 1.165) is 19.5 Å². The molecule has 1 heterocycles. The molecule has 5 nitrogen and oxygen atoms in total. The maximum atomic E-state index is 11.7. The predicted octanol–water partition coefficient (Wildman–Crippen LogP) is 1.23. The third-order valence-corrected chi connectivity index (χ3v) is 3.54.